The van der Waals surface area contributed by atoms with Crippen LogP contribution in [0.1, 0.15) is 19.3 Å². The summed E-state index contributed by atoms with van der Waals surface area (Å²) < 4.78 is 0. The summed E-state index contributed by atoms with van der Waals surface area (Å²) in [4.78, 5) is 20.9. The summed E-state index contributed by atoms with van der Waals surface area (Å²) in [6, 6.07) is 10.4. The molecule has 144 valence electrons. The first kappa shape index (κ1) is 20.8. The molecule has 1 aliphatic carbocycles. The van der Waals surface area contributed by atoms with Crippen molar-refractivity contribution in [1.82, 2.24) is 15.5 Å². The number of halogens is 1. The van der Waals surface area contributed by atoms with Crippen molar-refractivity contribution in [2.45, 2.75) is 19.3 Å². The Morgan fingerprint density at radius 3 is 2.42 bits per heavy atom. The molecule has 0 atom stereocenters. The molecule has 0 spiro atoms. The summed E-state index contributed by atoms with van der Waals surface area (Å²) in [7, 11) is 1.77. The first-order valence-corrected chi connectivity index (χ1v) is 9.28. The van der Waals surface area contributed by atoms with Crippen molar-refractivity contribution >= 4 is 41.5 Å². The molecule has 1 saturated heterocycles. The van der Waals surface area contributed by atoms with Gasteiger partial charge in [0.15, 0.2) is 5.96 Å². The number of anilines is 1. The summed E-state index contributed by atoms with van der Waals surface area (Å²) in [6.07, 6.45) is 3.14. The second-order valence-corrected chi connectivity index (χ2v) is 6.78. The maximum absolute atomic E-state index is 12.4. The van der Waals surface area contributed by atoms with E-state index in [1.807, 2.05) is 11.0 Å². The molecule has 1 saturated carbocycles. The Hall–Kier alpha value is -1.51. The van der Waals surface area contributed by atoms with Crippen LogP contribution in [0.25, 0.3) is 0 Å². The lowest BCUT2D eigenvalue weighted by molar-refractivity contribution is -0.131. The number of piperazine rings is 1. The molecule has 7 heteroatoms. The van der Waals surface area contributed by atoms with Gasteiger partial charge in [0.05, 0.1) is 0 Å². The first-order chi connectivity index (χ1) is 12.3. The molecule has 3 rings (SSSR count). The fraction of sp³-hybridized carbons (Fsp3) is 0.579. The van der Waals surface area contributed by atoms with Crippen LogP contribution in [-0.4, -0.2) is 63.1 Å². The van der Waals surface area contributed by atoms with Gasteiger partial charge in [0, 0.05) is 58.4 Å². The van der Waals surface area contributed by atoms with Gasteiger partial charge in [-0.2, -0.15) is 0 Å². The third-order valence-corrected chi connectivity index (χ3v) is 4.86. The van der Waals surface area contributed by atoms with E-state index in [0.29, 0.717) is 13.0 Å². The highest BCUT2D eigenvalue weighted by Crippen LogP contribution is 2.27. The summed E-state index contributed by atoms with van der Waals surface area (Å²) >= 11 is 0. The van der Waals surface area contributed by atoms with E-state index < -0.39 is 0 Å². The zero-order valence-electron chi connectivity index (χ0n) is 15.5. The van der Waals surface area contributed by atoms with Crippen LogP contribution in [0.3, 0.4) is 0 Å². The molecule has 1 amide bonds. The van der Waals surface area contributed by atoms with Gasteiger partial charge in [-0.15, -0.1) is 24.0 Å². The van der Waals surface area contributed by atoms with Crippen LogP contribution < -0.4 is 15.5 Å². The number of hydrogen-bond acceptors (Lipinski definition) is 3. The quantitative estimate of drug-likeness (QED) is 0.378. The highest BCUT2D eigenvalue weighted by Gasteiger charge is 2.22. The number of rotatable bonds is 6. The maximum Gasteiger partial charge on any atom is 0.224 e. The Bertz CT molecular complexity index is 583. The van der Waals surface area contributed by atoms with Crippen LogP contribution in [0, 0.1) is 5.92 Å². The van der Waals surface area contributed by atoms with Gasteiger partial charge in [-0.3, -0.25) is 9.79 Å². The maximum atomic E-state index is 12.4. The number of para-hydroxylation sites is 1. The van der Waals surface area contributed by atoms with E-state index in [4.69, 9.17) is 0 Å². The van der Waals surface area contributed by atoms with Crippen LogP contribution in [0.15, 0.2) is 35.3 Å². The third-order valence-electron chi connectivity index (χ3n) is 4.86. The van der Waals surface area contributed by atoms with Crippen molar-refractivity contribution in [3.05, 3.63) is 30.3 Å². The normalized spacial score (nSPS) is 17.5. The number of benzene rings is 1. The smallest absolute Gasteiger partial charge is 0.224 e. The van der Waals surface area contributed by atoms with E-state index in [9.17, 15) is 4.79 Å². The minimum absolute atomic E-state index is 0. The number of carbonyl (C=O) groups is 1. The molecule has 0 bridgehead atoms. The Kier molecular flexibility index (Phi) is 8.47. The Balaban J connectivity index is 0.00000243. The predicted molar refractivity (Wildman–Crippen MR) is 117 cm³/mol. The van der Waals surface area contributed by atoms with Crippen LogP contribution in [0.4, 0.5) is 5.69 Å². The number of guanidine groups is 1. The molecule has 1 aromatic carbocycles. The van der Waals surface area contributed by atoms with Crippen molar-refractivity contribution in [2.75, 3.05) is 51.2 Å². The van der Waals surface area contributed by atoms with E-state index in [-0.39, 0.29) is 29.9 Å². The van der Waals surface area contributed by atoms with Gasteiger partial charge in [0.2, 0.25) is 5.91 Å². The van der Waals surface area contributed by atoms with Gasteiger partial charge in [-0.25, -0.2) is 0 Å². The van der Waals surface area contributed by atoms with Crippen molar-refractivity contribution < 1.29 is 4.79 Å². The van der Waals surface area contributed by atoms with Crippen LogP contribution >= 0.6 is 24.0 Å². The molecular formula is C19H30IN5O. The van der Waals surface area contributed by atoms with E-state index in [2.05, 4.69) is 44.8 Å². The highest BCUT2D eigenvalue weighted by molar-refractivity contribution is 14.0. The van der Waals surface area contributed by atoms with Gasteiger partial charge in [0.25, 0.3) is 0 Å². The summed E-state index contributed by atoms with van der Waals surface area (Å²) in [6.45, 7) is 4.99. The third kappa shape index (κ3) is 6.34. The SMILES string of the molecule is CN=C(NCCC(=O)N1CCN(c2ccccc2)CC1)NCC1CC1.I. The molecule has 1 aromatic rings. The van der Waals surface area contributed by atoms with Gasteiger partial charge < -0.3 is 20.4 Å². The lowest BCUT2D eigenvalue weighted by Gasteiger charge is -2.36. The van der Waals surface area contributed by atoms with Crippen molar-refractivity contribution in [2.24, 2.45) is 10.9 Å². The zero-order valence-corrected chi connectivity index (χ0v) is 17.8. The largest absolute Gasteiger partial charge is 0.368 e. The predicted octanol–water partition coefficient (Wildman–Crippen LogP) is 1.92. The fourth-order valence-corrected chi connectivity index (χ4v) is 3.08. The molecule has 0 aromatic heterocycles. The molecule has 0 unspecified atom stereocenters. The van der Waals surface area contributed by atoms with Gasteiger partial charge in [0.1, 0.15) is 0 Å². The Morgan fingerprint density at radius 1 is 1.12 bits per heavy atom. The molecule has 1 aliphatic heterocycles. The van der Waals surface area contributed by atoms with Crippen LogP contribution in [0.5, 0.6) is 0 Å². The monoisotopic (exact) mass is 471 g/mol. The highest BCUT2D eigenvalue weighted by atomic mass is 127. The summed E-state index contributed by atoms with van der Waals surface area (Å²) in [5.74, 6) is 1.83. The molecule has 26 heavy (non-hydrogen) atoms. The van der Waals surface area contributed by atoms with Crippen molar-refractivity contribution in [1.29, 1.82) is 0 Å². The van der Waals surface area contributed by atoms with E-state index >= 15 is 0 Å². The second kappa shape index (κ2) is 10.6. The molecule has 1 heterocycles. The summed E-state index contributed by atoms with van der Waals surface area (Å²) in [5, 5.41) is 6.55. The van der Waals surface area contributed by atoms with Gasteiger partial charge >= 0.3 is 0 Å². The van der Waals surface area contributed by atoms with Crippen LogP contribution in [-0.2, 0) is 4.79 Å². The number of nitrogens with zero attached hydrogens (tertiary/aromatic N) is 3. The lowest BCUT2D eigenvalue weighted by Crippen LogP contribution is -2.49. The second-order valence-electron chi connectivity index (χ2n) is 6.78. The molecule has 2 aliphatic rings. The fourth-order valence-electron chi connectivity index (χ4n) is 3.08. The Morgan fingerprint density at radius 2 is 1.81 bits per heavy atom. The number of aliphatic imine (C=N–C) groups is 1. The van der Waals surface area contributed by atoms with Crippen molar-refractivity contribution in [3.8, 4) is 0 Å². The average molecular weight is 471 g/mol. The van der Waals surface area contributed by atoms with Gasteiger partial charge in [-0.1, -0.05) is 18.2 Å². The average Bonchev–Trinajstić information content (AvgIpc) is 3.49. The zero-order chi connectivity index (χ0) is 17.5. The molecule has 2 N–H and O–H groups in total. The minimum Gasteiger partial charge on any atom is -0.368 e. The first-order valence-electron chi connectivity index (χ1n) is 9.28. The summed E-state index contributed by atoms with van der Waals surface area (Å²) in [5.41, 5.74) is 1.24. The molecule has 0 radical (unpaired) electrons. The Labute approximate surface area is 173 Å². The topological polar surface area (TPSA) is 60.0 Å². The minimum atomic E-state index is 0. The molecular weight excluding hydrogens is 441 g/mol. The van der Waals surface area contributed by atoms with E-state index in [1.54, 1.807) is 7.05 Å². The number of hydrogen-bond donors (Lipinski definition) is 2. The number of carbonyl (C=O) groups excluding carboxylic acids is 1. The van der Waals surface area contributed by atoms with E-state index in [1.165, 1.54) is 18.5 Å². The van der Waals surface area contributed by atoms with E-state index in [0.717, 1.165) is 44.6 Å². The van der Waals surface area contributed by atoms with Crippen LogP contribution in [0.2, 0.25) is 0 Å². The van der Waals surface area contributed by atoms with Crippen molar-refractivity contribution in [3.63, 3.8) is 0 Å². The number of nitrogens with one attached hydrogen (secondary N) is 2. The lowest BCUT2D eigenvalue weighted by atomic mass is 10.2. The molecule has 6 nitrogen and oxygen atoms in total. The van der Waals surface area contributed by atoms with Gasteiger partial charge in [-0.05, 0) is 30.9 Å². The molecule has 2 fully saturated rings. The standard InChI is InChI=1S/C19H29N5O.HI/c1-20-19(22-15-16-7-8-16)21-10-9-18(25)24-13-11-23(12-14-24)17-5-3-2-4-6-17;/h2-6,16H,7-15H2,1H3,(H2,20,21,22);1H. The number of amides is 1.